The van der Waals surface area contributed by atoms with Crippen molar-refractivity contribution in [2.75, 3.05) is 16.5 Å². The highest BCUT2D eigenvalue weighted by Crippen LogP contribution is 2.33. The smallest absolute Gasteiger partial charge is 0.239 e. The van der Waals surface area contributed by atoms with E-state index in [1.165, 1.54) is 0 Å². The zero-order valence-corrected chi connectivity index (χ0v) is 17.5. The maximum absolute atomic E-state index is 12.0. The lowest BCUT2D eigenvalue weighted by atomic mass is 10.2. The zero-order valence-electron chi connectivity index (χ0n) is 16.7. The van der Waals surface area contributed by atoms with Crippen LogP contribution < -0.4 is 15.4 Å². The SMILES string of the molecule is Cc1nc2c(c(Nc3ccc(OCc4ccccc4)cc3NC(=O)CCl)n1)CCC2. The van der Waals surface area contributed by atoms with Crippen molar-refractivity contribution in [3.63, 3.8) is 0 Å². The molecule has 154 valence electrons. The van der Waals surface area contributed by atoms with Crippen LogP contribution in [0, 0.1) is 6.92 Å². The highest BCUT2D eigenvalue weighted by atomic mass is 35.5. The summed E-state index contributed by atoms with van der Waals surface area (Å²) in [6.07, 6.45) is 2.99. The fourth-order valence-electron chi connectivity index (χ4n) is 3.54. The summed E-state index contributed by atoms with van der Waals surface area (Å²) in [4.78, 5) is 21.1. The van der Waals surface area contributed by atoms with Crippen LogP contribution in [-0.4, -0.2) is 21.8 Å². The highest BCUT2D eigenvalue weighted by Gasteiger charge is 2.19. The Labute approximate surface area is 180 Å². The molecule has 0 saturated heterocycles. The van der Waals surface area contributed by atoms with Gasteiger partial charge in [-0.1, -0.05) is 30.3 Å². The molecule has 6 nitrogen and oxygen atoms in total. The number of rotatable bonds is 7. The molecule has 7 heteroatoms. The fraction of sp³-hybridized carbons (Fsp3) is 0.261. The van der Waals surface area contributed by atoms with Gasteiger partial charge in [-0.3, -0.25) is 4.79 Å². The minimum atomic E-state index is -0.288. The fourth-order valence-corrected chi connectivity index (χ4v) is 3.60. The molecule has 30 heavy (non-hydrogen) atoms. The summed E-state index contributed by atoms with van der Waals surface area (Å²) in [7, 11) is 0. The van der Waals surface area contributed by atoms with Gasteiger partial charge < -0.3 is 15.4 Å². The molecule has 0 radical (unpaired) electrons. The monoisotopic (exact) mass is 422 g/mol. The van der Waals surface area contributed by atoms with Crippen molar-refractivity contribution >= 4 is 34.7 Å². The predicted molar refractivity (Wildman–Crippen MR) is 119 cm³/mol. The second-order valence-corrected chi connectivity index (χ2v) is 7.45. The van der Waals surface area contributed by atoms with E-state index in [9.17, 15) is 4.79 Å². The minimum Gasteiger partial charge on any atom is -0.489 e. The third kappa shape index (κ3) is 4.71. The topological polar surface area (TPSA) is 76.1 Å². The Hall–Kier alpha value is -3.12. The number of benzene rings is 2. The number of carbonyl (C=O) groups is 1. The van der Waals surface area contributed by atoms with Crippen molar-refractivity contribution in [1.82, 2.24) is 9.97 Å². The average molecular weight is 423 g/mol. The van der Waals surface area contributed by atoms with Gasteiger partial charge in [-0.05, 0) is 43.9 Å². The number of anilines is 3. The van der Waals surface area contributed by atoms with Gasteiger partial charge in [0.25, 0.3) is 0 Å². The van der Waals surface area contributed by atoms with E-state index in [0.29, 0.717) is 18.0 Å². The van der Waals surface area contributed by atoms with Crippen LogP contribution in [0.1, 0.15) is 29.1 Å². The van der Waals surface area contributed by atoms with E-state index in [1.807, 2.05) is 49.4 Å². The lowest BCUT2D eigenvalue weighted by molar-refractivity contribution is -0.113. The first-order valence-corrected chi connectivity index (χ1v) is 10.5. The largest absolute Gasteiger partial charge is 0.489 e. The standard InChI is InChI=1S/C23H23ClN4O2/c1-15-25-19-9-5-8-18(19)23(26-15)28-20-11-10-17(12-21(20)27-22(29)13-24)30-14-16-6-3-2-4-7-16/h2-4,6-7,10-12H,5,8-9,13-14H2,1H3,(H,27,29)(H,25,26,28). The maximum Gasteiger partial charge on any atom is 0.239 e. The number of halogens is 1. The molecule has 0 atom stereocenters. The number of carbonyl (C=O) groups excluding carboxylic acids is 1. The number of aryl methyl sites for hydroxylation is 2. The van der Waals surface area contributed by atoms with E-state index in [4.69, 9.17) is 16.3 Å². The van der Waals surface area contributed by atoms with Gasteiger partial charge in [-0.2, -0.15) is 0 Å². The predicted octanol–water partition coefficient (Wildman–Crippen LogP) is 4.77. The Bertz CT molecular complexity index is 1060. The molecular weight excluding hydrogens is 400 g/mol. The van der Waals surface area contributed by atoms with Crippen LogP contribution in [-0.2, 0) is 24.2 Å². The van der Waals surface area contributed by atoms with Crippen molar-refractivity contribution in [3.05, 3.63) is 71.2 Å². The molecule has 1 aliphatic rings. The van der Waals surface area contributed by atoms with Crippen molar-refractivity contribution < 1.29 is 9.53 Å². The summed E-state index contributed by atoms with van der Waals surface area (Å²) >= 11 is 5.71. The van der Waals surface area contributed by atoms with Crippen molar-refractivity contribution in [2.24, 2.45) is 0 Å². The summed E-state index contributed by atoms with van der Waals surface area (Å²) < 4.78 is 5.91. The molecule has 1 amide bonds. The Balaban J connectivity index is 1.60. The lowest BCUT2D eigenvalue weighted by Crippen LogP contribution is -2.14. The average Bonchev–Trinajstić information content (AvgIpc) is 3.23. The van der Waals surface area contributed by atoms with Gasteiger partial charge in [0.1, 0.15) is 29.9 Å². The van der Waals surface area contributed by atoms with Crippen LogP contribution in [0.5, 0.6) is 5.75 Å². The van der Waals surface area contributed by atoms with E-state index in [1.54, 1.807) is 6.07 Å². The second-order valence-electron chi connectivity index (χ2n) is 7.19. The molecule has 3 aromatic rings. The van der Waals surface area contributed by atoms with Gasteiger partial charge in [0.05, 0.1) is 11.4 Å². The van der Waals surface area contributed by atoms with Gasteiger partial charge in [0.15, 0.2) is 0 Å². The van der Waals surface area contributed by atoms with E-state index in [2.05, 4.69) is 20.6 Å². The third-order valence-electron chi connectivity index (χ3n) is 4.93. The number of nitrogens with one attached hydrogen (secondary N) is 2. The molecule has 1 heterocycles. The van der Waals surface area contributed by atoms with E-state index >= 15 is 0 Å². The summed E-state index contributed by atoms with van der Waals surface area (Å²) in [6.45, 7) is 2.33. The van der Waals surface area contributed by atoms with Crippen molar-refractivity contribution in [2.45, 2.75) is 32.8 Å². The Kier molecular flexibility index (Phi) is 6.14. The minimum absolute atomic E-state index is 0.128. The normalized spacial score (nSPS) is 12.3. The molecule has 0 fully saturated rings. The van der Waals surface area contributed by atoms with Crippen molar-refractivity contribution in [3.8, 4) is 5.75 Å². The molecule has 2 aromatic carbocycles. The first kappa shape index (κ1) is 20.2. The number of hydrogen-bond acceptors (Lipinski definition) is 5. The highest BCUT2D eigenvalue weighted by molar-refractivity contribution is 6.29. The number of ether oxygens (including phenoxy) is 1. The molecule has 0 aliphatic heterocycles. The van der Waals surface area contributed by atoms with E-state index in [0.717, 1.165) is 53.4 Å². The Morgan fingerprint density at radius 1 is 1.10 bits per heavy atom. The van der Waals surface area contributed by atoms with Gasteiger partial charge in [-0.25, -0.2) is 9.97 Å². The van der Waals surface area contributed by atoms with Gasteiger partial charge >= 0.3 is 0 Å². The molecule has 0 unspecified atom stereocenters. The van der Waals surface area contributed by atoms with Crippen LogP contribution in [0.15, 0.2) is 48.5 Å². The van der Waals surface area contributed by atoms with Crippen LogP contribution in [0.4, 0.5) is 17.2 Å². The van der Waals surface area contributed by atoms with Gasteiger partial charge in [-0.15, -0.1) is 11.6 Å². The van der Waals surface area contributed by atoms with E-state index in [-0.39, 0.29) is 11.8 Å². The first-order valence-electron chi connectivity index (χ1n) is 9.92. The Morgan fingerprint density at radius 2 is 1.93 bits per heavy atom. The van der Waals surface area contributed by atoms with Crippen LogP contribution in [0.3, 0.4) is 0 Å². The third-order valence-corrected chi connectivity index (χ3v) is 5.18. The summed E-state index contributed by atoms with van der Waals surface area (Å²) in [6, 6.07) is 15.5. The summed E-state index contributed by atoms with van der Waals surface area (Å²) in [5.74, 6) is 1.75. The zero-order chi connectivity index (χ0) is 20.9. The molecule has 1 aromatic heterocycles. The molecule has 2 N–H and O–H groups in total. The first-order chi connectivity index (χ1) is 14.6. The lowest BCUT2D eigenvalue weighted by Gasteiger charge is -2.16. The number of alkyl halides is 1. The maximum atomic E-state index is 12.0. The number of amides is 1. The molecule has 0 saturated carbocycles. The Morgan fingerprint density at radius 3 is 2.73 bits per heavy atom. The summed E-state index contributed by atoms with van der Waals surface area (Å²) in [5, 5.41) is 6.22. The number of aromatic nitrogens is 2. The number of hydrogen-bond donors (Lipinski definition) is 2. The van der Waals surface area contributed by atoms with Crippen molar-refractivity contribution in [1.29, 1.82) is 0 Å². The van der Waals surface area contributed by atoms with Gasteiger partial charge in [0.2, 0.25) is 5.91 Å². The summed E-state index contributed by atoms with van der Waals surface area (Å²) in [5.41, 5.74) is 4.62. The number of nitrogens with zero attached hydrogens (tertiary/aromatic N) is 2. The molecule has 0 bridgehead atoms. The second kappa shape index (κ2) is 9.13. The molecule has 0 spiro atoms. The quantitative estimate of drug-likeness (QED) is 0.536. The molecule has 4 rings (SSSR count). The molecule has 1 aliphatic carbocycles. The van der Waals surface area contributed by atoms with Gasteiger partial charge in [0, 0.05) is 17.3 Å². The number of fused-ring (bicyclic) bond motifs is 1. The molecular formula is C23H23ClN4O2. The van der Waals surface area contributed by atoms with Crippen LogP contribution >= 0.6 is 11.6 Å². The van der Waals surface area contributed by atoms with Crippen LogP contribution in [0.2, 0.25) is 0 Å². The van der Waals surface area contributed by atoms with Crippen LogP contribution in [0.25, 0.3) is 0 Å². The van der Waals surface area contributed by atoms with E-state index < -0.39 is 0 Å².